The number of benzene rings is 6. The predicted octanol–water partition coefficient (Wildman–Crippen LogP) is 11.9. The molecule has 0 bridgehead atoms. The molecule has 396 valence electrons. The second kappa shape index (κ2) is 23.8. The first-order valence-electron chi connectivity index (χ1n) is 22.1. The zero-order chi connectivity index (χ0) is 54.3. The molecule has 0 radical (unpaired) electrons. The lowest BCUT2D eigenvalue weighted by Crippen LogP contribution is -2.42. The van der Waals surface area contributed by atoms with E-state index in [-0.39, 0.29) is 69.0 Å². The molecule has 1 heterocycles. The smallest absolute Gasteiger partial charge is 0.374 e. The van der Waals surface area contributed by atoms with Crippen molar-refractivity contribution in [1.82, 2.24) is 21.3 Å². The summed E-state index contributed by atoms with van der Waals surface area (Å²) >= 11 is 12.0. The first-order chi connectivity index (χ1) is 34.7. The van der Waals surface area contributed by atoms with Crippen molar-refractivity contribution in [1.29, 1.82) is 0 Å². The number of hydrogen-bond acceptors (Lipinski definition) is 7. The highest BCUT2D eigenvalue weighted by molar-refractivity contribution is 6.31. The molecule has 7 rings (SSSR count). The van der Waals surface area contributed by atoms with Crippen LogP contribution in [0.25, 0.3) is 27.1 Å². The first kappa shape index (κ1) is 58.4. The number of hydrogen-bond donors (Lipinski definition) is 4. The molecule has 0 aromatic heterocycles. The molecular weight excluding hydrogens is 1040 g/mol. The number of likely N-dealkylation sites (N-methyl/N-ethyl adjacent to an activating group) is 1. The van der Waals surface area contributed by atoms with E-state index < -0.39 is 72.7 Å². The Balaban J connectivity index is 0.000000275. The fourth-order valence-corrected chi connectivity index (χ4v) is 8.52. The minimum atomic E-state index is -4.85. The molecule has 0 aliphatic carbocycles. The van der Waals surface area contributed by atoms with Gasteiger partial charge in [-0.15, -0.1) is 0 Å². The molecule has 0 saturated carbocycles. The Labute approximate surface area is 433 Å². The average Bonchev–Trinajstić information content (AvgIpc) is 3.79. The van der Waals surface area contributed by atoms with Crippen molar-refractivity contribution in [3.05, 3.63) is 170 Å². The van der Waals surface area contributed by atoms with Gasteiger partial charge in [-0.1, -0.05) is 103 Å². The zero-order valence-corrected chi connectivity index (χ0v) is 40.6. The molecule has 6 aromatic carbocycles. The lowest BCUT2D eigenvalue weighted by Gasteiger charge is -2.30. The van der Waals surface area contributed by atoms with E-state index >= 15 is 0 Å². The SMILES string of the molecule is C.CCNC(=O)CNC(=O)c1ccc(C(=O)C=C(c2cc(C)cc(Cl)c2)C(F)(F)F)c2ccccc12.Cc1cc(Cl)cc([C@]2(C(F)(F)F)CC(c3ccc(C(=O)NCC(=O)NCC(F)(F)F)c4ccccc34)=NO2)c1. The number of allylic oxidation sites excluding steroid dienone is 2. The molecule has 4 amide bonds. The van der Waals surface area contributed by atoms with Crippen LogP contribution in [0.2, 0.25) is 10.0 Å². The summed E-state index contributed by atoms with van der Waals surface area (Å²) in [4.78, 5) is 66.9. The lowest BCUT2D eigenvalue weighted by molar-refractivity contribution is -0.275. The maximum absolute atomic E-state index is 14.4. The Kier molecular flexibility index (Phi) is 18.6. The van der Waals surface area contributed by atoms with E-state index in [4.69, 9.17) is 28.0 Å². The summed E-state index contributed by atoms with van der Waals surface area (Å²) in [5, 5.41) is 14.4. The van der Waals surface area contributed by atoms with Crippen molar-refractivity contribution < 1.29 is 68.3 Å². The van der Waals surface area contributed by atoms with Crippen LogP contribution in [-0.4, -0.2) is 79.8 Å². The zero-order valence-electron chi connectivity index (χ0n) is 39.1. The van der Waals surface area contributed by atoms with Gasteiger partial charge in [-0.3, -0.25) is 24.0 Å². The Morgan fingerprint density at radius 2 is 1.13 bits per heavy atom. The number of aryl methyl sites for hydroxylation is 2. The molecule has 75 heavy (non-hydrogen) atoms. The minimum absolute atomic E-state index is 0. The summed E-state index contributed by atoms with van der Waals surface area (Å²) in [5.74, 6) is -3.59. The van der Waals surface area contributed by atoms with Gasteiger partial charge in [0.05, 0.1) is 24.4 Å². The number of rotatable bonds is 13. The lowest BCUT2D eigenvalue weighted by atomic mass is 9.84. The summed E-state index contributed by atoms with van der Waals surface area (Å²) in [6.45, 7) is 2.88. The van der Waals surface area contributed by atoms with Crippen LogP contribution in [0.3, 0.4) is 0 Å². The Bertz CT molecular complexity index is 3190. The fraction of sp³-hybridized carbons (Fsp3) is 0.245. The largest absolute Gasteiger partial charge is 0.435 e. The number of fused-ring (bicyclic) bond motifs is 2. The van der Waals surface area contributed by atoms with E-state index in [1.54, 1.807) is 74.6 Å². The highest BCUT2D eigenvalue weighted by atomic mass is 35.5. The Hall–Kier alpha value is -7.45. The average molecular weight is 1090 g/mol. The molecule has 1 aliphatic heterocycles. The number of nitrogens with zero attached hydrogens (tertiary/aromatic N) is 1. The second-order valence-corrected chi connectivity index (χ2v) is 17.6. The third-order valence-electron chi connectivity index (χ3n) is 11.2. The molecule has 0 unspecified atom stereocenters. The van der Waals surface area contributed by atoms with Gasteiger partial charge in [0.25, 0.3) is 17.4 Å². The van der Waals surface area contributed by atoms with Crippen LogP contribution in [0, 0.1) is 13.8 Å². The van der Waals surface area contributed by atoms with E-state index in [2.05, 4.69) is 21.1 Å². The summed E-state index contributed by atoms with van der Waals surface area (Å²) < 4.78 is 122. The quantitative estimate of drug-likeness (QED) is 0.0513. The minimum Gasteiger partial charge on any atom is -0.374 e. The number of nitrogens with one attached hydrogen (secondary N) is 4. The normalized spacial score (nSPS) is 14.6. The van der Waals surface area contributed by atoms with Crippen LogP contribution in [0.1, 0.15) is 79.7 Å². The highest BCUT2D eigenvalue weighted by Crippen LogP contribution is 2.50. The molecule has 1 atom stereocenters. The van der Waals surface area contributed by atoms with Gasteiger partial charge in [0.2, 0.25) is 11.8 Å². The van der Waals surface area contributed by atoms with Crippen molar-refractivity contribution >= 4 is 85.4 Å². The van der Waals surface area contributed by atoms with E-state index in [9.17, 15) is 63.5 Å². The number of oxime groups is 1. The second-order valence-electron chi connectivity index (χ2n) is 16.7. The maximum Gasteiger partial charge on any atom is 0.435 e. The number of carbonyl (C=O) groups excluding carboxylic acids is 5. The van der Waals surface area contributed by atoms with Gasteiger partial charge in [0.1, 0.15) is 6.54 Å². The summed E-state index contributed by atoms with van der Waals surface area (Å²) in [6, 6.07) is 26.1. The number of ketones is 1. The molecule has 0 saturated heterocycles. The monoisotopic (exact) mass is 1090 g/mol. The molecule has 4 N–H and O–H groups in total. The van der Waals surface area contributed by atoms with Crippen LogP contribution in [0.4, 0.5) is 39.5 Å². The standard InChI is InChI=1S/C26H20ClF6N3O3.C26H22ClF3N2O3.CH4/c1-14-8-15(10-16(27)9-14)24(26(31,32)33)11-21(36-39-24)19-6-7-20(18-5-3-2-4-17(18)19)23(38)34-12-22(37)35-13-25(28,29)30;1-3-31-24(34)14-32-25(35)21-9-8-20(18-6-4-5-7-19(18)21)23(33)13-22(26(28,29)30)16-10-15(2)11-17(27)12-16;/h2-10H,11-13H2,1H3,(H,34,38)(H,35,37);4-13H,3,14H2,1-2H3,(H,31,34)(H,32,35);1H4/t24-;;/m0../s1. The van der Waals surface area contributed by atoms with Gasteiger partial charge in [-0.2, -0.15) is 39.5 Å². The molecule has 1 aliphatic rings. The van der Waals surface area contributed by atoms with E-state index in [0.29, 0.717) is 45.3 Å². The summed E-state index contributed by atoms with van der Waals surface area (Å²) in [5.41, 5.74) is -2.79. The number of halogens is 11. The molecule has 22 heteroatoms. The van der Waals surface area contributed by atoms with Crippen LogP contribution in [0.5, 0.6) is 0 Å². The Morgan fingerprint density at radius 3 is 1.65 bits per heavy atom. The van der Waals surface area contributed by atoms with E-state index in [0.717, 1.165) is 6.07 Å². The van der Waals surface area contributed by atoms with Gasteiger partial charge < -0.3 is 26.1 Å². The van der Waals surface area contributed by atoms with Crippen LogP contribution >= 0.6 is 23.2 Å². The highest BCUT2D eigenvalue weighted by Gasteiger charge is 2.62. The third kappa shape index (κ3) is 14.2. The van der Waals surface area contributed by atoms with E-state index in [1.165, 1.54) is 54.6 Å². The van der Waals surface area contributed by atoms with Crippen LogP contribution in [-0.2, 0) is 20.0 Å². The van der Waals surface area contributed by atoms with Gasteiger partial charge in [-0.05, 0) is 108 Å². The summed E-state index contributed by atoms with van der Waals surface area (Å²) in [6.07, 6.45) is -14.4. The number of carbonyl (C=O) groups is 5. The van der Waals surface area contributed by atoms with Crippen molar-refractivity contribution in [2.24, 2.45) is 5.16 Å². The Morgan fingerprint density at radius 1 is 0.640 bits per heavy atom. The van der Waals surface area contributed by atoms with Crippen molar-refractivity contribution in [3.63, 3.8) is 0 Å². The number of alkyl halides is 9. The maximum atomic E-state index is 14.4. The van der Waals surface area contributed by atoms with Gasteiger partial charge in [0.15, 0.2) is 5.78 Å². The molecule has 0 spiro atoms. The number of amides is 4. The van der Waals surface area contributed by atoms with Crippen molar-refractivity contribution in [2.45, 2.75) is 58.7 Å². The summed E-state index contributed by atoms with van der Waals surface area (Å²) in [7, 11) is 0. The van der Waals surface area contributed by atoms with Crippen LogP contribution in [0.15, 0.2) is 120 Å². The van der Waals surface area contributed by atoms with Crippen LogP contribution < -0.4 is 21.3 Å². The first-order valence-corrected chi connectivity index (χ1v) is 22.9. The molecule has 0 fully saturated rings. The van der Waals surface area contributed by atoms with Gasteiger partial charge >= 0.3 is 18.5 Å². The molecule has 11 nitrogen and oxygen atoms in total. The fourth-order valence-electron chi connectivity index (χ4n) is 7.94. The van der Waals surface area contributed by atoms with E-state index in [1.807, 2.05) is 0 Å². The molecule has 6 aromatic rings. The van der Waals surface area contributed by atoms with Gasteiger partial charge in [0, 0.05) is 50.8 Å². The van der Waals surface area contributed by atoms with Crippen molar-refractivity contribution in [3.8, 4) is 0 Å². The van der Waals surface area contributed by atoms with Gasteiger partial charge in [-0.25, -0.2) is 0 Å². The molecular formula is C53H46Cl2F9N5O6. The van der Waals surface area contributed by atoms with Crippen molar-refractivity contribution in [2.75, 3.05) is 26.2 Å². The third-order valence-corrected chi connectivity index (χ3v) is 11.7. The predicted molar refractivity (Wildman–Crippen MR) is 268 cm³/mol. The topological polar surface area (TPSA) is 155 Å².